The van der Waals surface area contributed by atoms with Crippen LogP contribution in [0.25, 0.3) is 11.0 Å². The summed E-state index contributed by atoms with van der Waals surface area (Å²) < 4.78 is 5.09. The summed E-state index contributed by atoms with van der Waals surface area (Å²) >= 11 is 0. The summed E-state index contributed by atoms with van der Waals surface area (Å²) in [7, 11) is 0. The molecule has 0 radical (unpaired) electrons. The van der Waals surface area contributed by atoms with E-state index < -0.39 is 6.09 Å². The van der Waals surface area contributed by atoms with E-state index in [-0.39, 0.29) is 13.2 Å². The van der Waals surface area contributed by atoms with Crippen LogP contribution >= 0.6 is 0 Å². The number of aromatic amines is 1. The third-order valence-electron chi connectivity index (χ3n) is 3.06. The molecule has 2 N–H and O–H groups in total. The van der Waals surface area contributed by atoms with Gasteiger partial charge in [0.25, 0.3) is 0 Å². The molecule has 0 aliphatic heterocycles. The standard InChI is InChI=1S/C17H14N4O2/c22-17(23-12-13-5-2-1-3-6-13)18-8-4-7-14-9-15-11-20-21-16(15)19-10-14/h1-3,5-6,9-11H,8,12H2,(H,18,22)(H,19,20,21). The molecule has 6 nitrogen and oxygen atoms in total. The normalized spacial score (nSPS) is 9.91. The largest absolute Gasteiger partial charge is 0.445 e. The SMILES string of the molecule is O=C(NCC#Cc1cnc2[nH]ncc2c1)OCc1ccccc1. The highest BCUT2D eigenvalue weighted by atomic mass is 16.5. The van der Waals surface area contributed by atoms with Gasteiger partial charge >= 0.3 is 6.09 Å². The summed E-state index contributed by atoms with van der Waals surface area (Å²) in [5.74, 6) is 5.79. The number of nitrogens with one attached hydrogen (secondary N) is 2. The number of hydrogen-bond donors (Lipinski definition) is 2. The molecule has 2 aromatic heterocycles. The van der Waals surface area contributed by atoms with E-state index in [1.165, 1.54) is 0 Å². The molecule has 0 unspecified atom stereocenters. The lowest BCUT2D eigenvalue weighted by atomic mass is 10.2. The average Bonchev–Trinajstić information content (AvgIpc) is 3.05. The van der Waals surface area contributed by atoms with E-state index in [4.69, 9.17) is 4.74 Å². The number of hydrogen-bond acceptors (Lipinski definition) is 4. The number of H-pyrrole nitrogens is 1. The monoisotopic (exact) mass is 306 g/mol. The van der Waals surface area contributed by atoms with Crippen LogP contribution in [0.4, 0.5) is 4.79 Å². The van der Waals surface area contributed by atoms with E-state index in [1.54, 1.807) is 12.4 Å². The molecule has 114 valence electrons. The van der Waals surface area contributed by atoms with E-state index in [9.17, 15) is 4.79 Å². The van der Waals surface area contributed by atoms with Gasteiger partial charge in [0.2, 0.25) is 0 Å². The van der Waals surface area contributed by atoms with Crippen LogP contribution in [0.1, 0.15) is 11.1 Å². The molecule has 1 aromatic carbocycles. The van der Waals surface area contributed by atoms with Crippen molar-refractivity contribution in [1.29, 1.82) is 0 Å². The number of aromatic nitrogens is 3. The molecule has 0 bridgehead atoms. The van der Waals surface area contributed by atoms with Crippen LogP contribution in [0.2, 0.25) is 0 Å². The molecule has 2 heterocycles. The predicted molar refractivity (Wildman–Crippen MR) is 85.4 cm³/mol. The Morgan fingerprint density at radius 2 is 2.13 bits per heavy atom. The lowest BCUT2D eigenvalue weighted by Gasteiger charge is -2.04. The number of benzene rings is 1. The number of pyridine rings is 1. The minimum Gasteiger partial charge on any atom is -0.445 e. The van der Waals surface area contributed by atoms with E-state index >= 15 is 0 Å². The van der Waals surface area contributed by atoms with Crippen LogP contribution in [-0.4, -0.2) is 27.8 Å². The summed E-state index contributed by atoms with van der Waals surface area (Å²) in [6.45, 7) is 0.443. The molecule has 6 heteroatoms. The van der Waals surface area contributed by atoms with Crippen LogP contribution in [0.5, 0.6) is 0 Å². The number of carbonyl (C=O) groups excluding carboxylic acids is 1. The molecule has 3 rings (SSSR count). The van der Waals surface area contributed by atoms with E-state index in [2.05, 4.69) is 32.3 Å². The highest BCUT2D eigenvalue weighted by molar-refractivity contribution is 5.75. The van der Waals surface area contributed by atoms with Crippen molar-refractivity contribution in [3.63, 3.8) is 0 Å². The van der Waals surface area contributed by atoms with Gasteiger partial charge in [0.05, 0.1) is 12.7 Å². The average molecular weight is 306 g/mol. The number of rotatable bonds is 3. The molecule has 23 heavy (non-hydrogen) atoms. The summed E-state index contributed by atoms with van der Waals surface area (Å²) in [6.07, 6.45) is 2.85. The number of fused-ring (bicyclic) bond motifs is 1. The second-order valence-corrected chi connectivity index (χ2v) is 4.75. The fourth-order valence-corrected chi connectivity index (χ4v) is 1.94. The van der Waals surface area contributed by atoms with Crippen molar-refractivity contribution in [2.24, 2.45) is 0 Å². The first-order chi connectivity index (χ1) is 11.3. The van der Waals surface area contributed by atoms with Crippen LogP contribution in [-0.2, 0) is 11.3 Å². The third-order valence-corrected chi connectivity index (χ3v) is 3.06. The molecule has 0 spiro atoms. The van der Waals surface area contributed by atoms with Gasteiger partial charge in [-0.15, -0.1) is 0 Å². The molecule has 0 saturated heterocycles. The molecular formula is C17H14N4O2. The van der Waals surface area contributed by atoms with Crippen LogP contribution in [0.15, 0.2) is 48.8 Å². The topological polar surface area (TPSA) is 79.9 Å². The smallest absolute Gasteiger partial charge is 0.408 e. The Kier molecular flexibility index (Phi) is 4.50. The third kappa shape index (κ3) is 4.08. The first-order valence-electron chi connectivity index (χ1n) is 7.04. The highest BCUT2D eigenvalue weighted by Crippen LogP contribution is 2.08. The zero-order valence-electron chi connectivity index (χ0n) is 12.2. The van der Waals surface area contributed by atoms with Gasteiger partial charge in [-0.05, 0) is 11.6 Å². The van der Waals surface area contributed by atoms with Crippen molar-refractivity contribution >= 4 is 17.1 Å². The molecule has 0 fully saturated rings. The molecule has 0 saturated carbocycles. The van der Waals surface area contributed by atoms with E-state index in [1.807, 2.05) is 36.4 Å². The minimum absolute atomic E-state index is 0.205. The summed E-state index contributed by atoms with van der Waals surface area (Å²) in [6, 6.07) is 11.4. The molecule has 1 amide bonds. The number of carbonyl (C=O) groups is 1. The van der Waals surface area contributed by atoms with Gasteiger partial charge in [0.15, 0.2) is 5.65 Å². The number of alkyl carbamates (subject to hydrolysis) is 1. The Morgan fingerprint density at radius 1 is 1.26 bits per heavy atom. The Bertz CT molecular complexity index is 862. The first-order valence-corrected chi connectivity index (χ1v) is 7.04. The molecule has 0 aliphatic rings. The van der Waals surface area contributed by atoms with Crippen molar-refractivity contribution in [1.82, 2.24) is 20.5 Å². The van der Waals surface area contributed by atoms with E-state index in [0.29, 0.717) is 0 Å². The van der Waals surface area contributed by atoms with Gasteiger partial charge in [-0.2, -0.15) is 5.10 Å². The van der Waals surface area contributed by atoms with Gasteiger partial charge in [-0.25, -0.2) is 9.78 Å². The Morgan fingerprint density at radius 3 is 3.00 bits per heavy atom. The number of ether oxygens (including phenoxy) is 1. The van der Waals surface area contributed by atoms with Crippen LogP contribution in [0.3, 0.4) is 0 Å². The lowest BCUT2D eigenvalue weighted by Crippen LogP contribution is -2.24. The molecule has 0 aliphatic carbocycles. The fourth-order valence-electron chi connectivity index (χ4n) is 1.94. The number of nitrogens with zero attached hydrogens (tertiary/aromatic N) is 2. The van der Waals surface area contributed by atoms with E-state index in [0.717, 1.165) is 22.2 Å². The predicted octanol–water partition coefficient (Wildman–Crippen LogP) is 2.24. The minimum atomic E-state index is -0.494. The quantitative estimate of drug-likeness (QED) is 0.727. The van der Waals surface area contributed by atoms with Gasteiger partial charge in [0.1, 0.15) is 6.61 Å². The Balaban J connectivity index is 1.46. The van der Waals surface area contributed by atoms with Crippen molar-refractivity contribution in [2.45, 2.75) is 6.61 Å². The zero-order valence-corrected chi connectivity index (χ0v) is 12.2. The lowest BCUT2D eigenvalue weighted by molar-refractivity contribution is 0.141. The second kappa shape index (κ2) is 7.09. The van der Waals surface area contributed by atoms with Crippen molar-refractivity contribution in [3.05, 3.63) is 59.9 Å². The maximum absolute atomic E-state index is 11.5. The fraction of sp³-hybridized carbons (Fsp3) is 0.118. The Hall–Kier alpha value is -3.33. The van der Waals surface area contributed by atoms with Gasteiger partial charge in [-0.1, -0.05) is 42.2 Å². The van der Waals surface area contributed by atoms with Crippen molar-refractivity contribution < 1.29 is 9.53 Å². The van der Waals surface area contributed by atoms with Crippen LogP contribution < -0.4 is 5.32 Å². The molecular weight excluding hydrogens is 292 g/mol. The zero-order chi connectivity index (χ0) is 15.9. The number of amides is 1. The maximum Gasteiger partial charge on any atom is 0.408 e. The summed E-state index contributed by atoms with van der Waals surface area (Å²) in [4.78, 5) is 15.7. The second-order valence-electron chi connectivity index (χ2n) is 4.75. The summed E-state index contributed by atoms with van der Waals surface area (Å²) in [5, 5.41) is 10.1. The summed E-state index contributed by atoms with van der Waals surface area (Å²) in [5.41, 5.74) is 2.42. The van der Waals surface area contributed by atoms with Gasteiger partial charge < -0.3 is 10.1 Å². The van der Waals surface area contributed by atoms with Gasteiger partial charge in [0, 0.05) is 17.1 Å². The molecule has 3 aromatic rings. The van der Waals surface area contributed by atoms with Crippen LogP contribution in [0, 0.1) is 11.8 Å². The van der Waals surface area contributed by atoms with Crippen molar-refractivity contribution in [2.75, 3.05) is 6.54 Å². The highest BCUT2D eigenvalue weighted by Gasteiger charge is 2.00. The Labute approximate surface area is 132 Å². The van der Waals surface area contributed by atoms with Crippen molar-refractivity contribution in [3.8, 4) is 11.8 Å². The van der Waals surface area contributed by atoms with Gasteiger partial charge in [-0.3, -0.25) is 5.10 Å². The molecule has 0 atom stereocenters. The first kappa shape index (κ1) is 14.6. The maximum atomic E-state index is 11.5.